The lowest BCUT2D eigenvalue weighted by Gasteiger charge is -2.27. The number of aliphatic hydroxyl groups is 1. The van der Waals surface area contributed by atoms with Crippen molar-refractivity contribution >= 4 is 29.8 Å². The van der Waals surface area contributed by atoms with E-state index in [-0.39, 0.29) is 43.8 Å². The van der Waals surface area contributed by atoms with Crippen LogP contribution in [0.25, 0.3) is 0 Å². The van der Waals surface area contributed by atoms with E-state index in [0.29, 0.717) is 13.0 Å². The molecule has 5 N–H and O–H groups in total. The summed E-state index contributed by atoms with van der Waals surface area (Å²) >= 11 is 0. The third-order valence-corrected chi connectivity index (χ3v) is 6.37. The van der Waals surface area contributed by atoms with Gasteiger partial charge in [0.25, 0.3) is 0 Å². The summed E-state index contributed by atoms with van der Waals surface area (Å²) in [4.78, 5) is 62.9. The third kappa shape index (κ3) is 12.0. The summed E-state index contributed by atoms with van der Waals surface area (Å²) in [7, 11) is 0. The fourth-order valence-corrected chi connectivity index (χ4v) is 4.29. The van der Waals surface area contributed by atoms with Crippen LogP contribution in [0.1, 0.15) is 52.5 Å². The van der Waals surface area contributed by atoms with Gasteiger partial charge in [-0.1, -0.05) is 50.3 Å². The van der Waals surface area contributed by atoms with Crippen LogP contribution in [0.15, 0.2) is 42.5 Å². The summed E-state index contributed by atoms with van der Waals surface area (Å²) in [5.74, 6) is -2.39. The maximum Gasteiger partial charge on any atom is 0.408 e. The van der Waals surface area contributed by atoms with Gasteiger partial charge in [-0.15, -0.1) is 0 Å². The van der Waals surface area contributed by atoms with Crippen molar-refractivity contribution in [2.24, 2.45) is 11.8 Å². The van der Waals surface area contributed by atoms with Gasteiger partial charge in [-0.05, 0) is 44.6 Å². The number of benzene rings is 1. The minimum Gasteiger partial charge on any atom is -0.463 e. The number of amides is 4. The number of hydrogen-bond donors (Lipinski definition) is 5. The van der Waals surface area contributed by atoms with E-state index in [1.807, 2.05) is 19.9 Å². The molecule has 4 amide bonds. The van der Waals surface area contributed by atoms with Crippen LogP contribution in [0.2, 0.25) is 0 Å². The van der Waals surface area contributed by atoms with Gasteiger partial charge in [-0.25, -0.2) is 9.59 Å². The van der Waals surface area contributed by atoms with Crippen LogP contribution >= 0.6 is 0 Å². The Labute approximate surface area is 240 Å². The molecule has 1 aromatic rings. The molecule has 0 aromatic heterocycles. The molecule has 2 rings (SSSR count). The second-order valence-corrected chi connectivity index (χ2v) is 10.4. The number of carbonyl (C=O) groups is 5. The van der Waals surface area contributed by atoms with Crippen molar-refractivity contribution in [3.8, 4) is 0 Å². The number of esters is 1. The first-order chi connectivity index (χ1) is 19.5. The first kappa shape index (κ1) is 33.3. The molecule has 1 heterocycles. The Morgan fingerprint density at radius 1 is 1.05 bits per heavy atom. The molecular weight excluding hydrogens is 532 g/mol. The normalized spacial score (nSPS) is 17.7. The topological polar surface area (TPSA) is 172 Å². The molecule has 5 atom stereocenters. The van der Waals surface area contributed by atoms with E-state index < -0.39 is 48.1 Å². The van der Waals surface area contributed by atoms with Crippen molar-refractivity contribution < 1.29 is 38.6 Å². The molecule has 0 spiro atoms. The highest BCUT2D eigenvalue weighted by Gasteiger charge is 2.32. The SMILES string of the molecule is CCOC(=O)/C=C/[C@H](C[C@@H]1CCNC1=O)NC(=O)[C@H](CC(C)C)NC(=O)[C@@H](NC(=O)OCc1ccccc1)[C@@H](C)O. The molecule has 41 heavy (non-hydrogen) atoms. The Morgan fingerprint density at radius 3 is 2.34 bits per heavy atom. The van der Waals surface area contributed by atoms with Crippen molar-refractivity contribution in [1.29, 1.82) is 0 Å². The predicted molar refractivity (Wildman–Crippen MR) is 150 cm³/mol. The fourth-order valence-electron chi connectivity index (χ4n) is 4.29. The molecule has 0 unspecified atom stereocenters. The van der Waals surface area contributed by atoms with Gasteiger partial charge in [0.2, 0.25) is 17.7 Å². The minimum atomic E-state index is -1.39. The molecule has 226 valence electrons. The lowest BCUT2D eigenvalue weighted by Crippen LogP contribution is -2.58. The van der Waals surface area contributed by atoms with Crippen molar-refractivity contribution in [2.45, 2.75) is 77.8 Å². The molecule has 12 heteroatoms. The zero-order valence-corrected chi connectivity index (χ0v) is 24.1. The molecule has 0 aliphatic carbocycles. The Hall–Kier alpha value is -3.93. The predicted octanol–water partition coefficient (Wildman–Crippen LogP) is 1.32. The smallest absolute Gasteiger partial charge is 0.408 e. The van der Waals surface area contributed by atoms with Crippen LogP contribution < -0.4 is 21.3 Å². The quantitative estimate of drug-likeness (QED) is 0.154. The number of nitrogens with one attached hydrogen (secondary N) is 4. The van der Waals surface area contributed by atoms with Crippen molar-refractivity contribution in [3.05, 3.63) is 48.0 Å². The minimum absolute atomic E-state index is 0.00557. The second-order valence-electron chi connectivity index (χ2n) is 10.4. The number of rotatable bonds is 15. The van der Waals surface area contributed by atoms with Crippen LogP contribution in [-0.4, -0.2) is 72.3 Å². The van der Waals surface area contributed by atoms with Gasteiger partial charge in [0, 0.05) is 24.6 Å². The summed E-state index contributed by atoms with van der Waals surface area (Å²) in [5, 5.41) is 20.8. The van der Waals surface area contributed by atoms with Crippen molar-refractivity contribution in [2.75, 3.05) is 13.2 Å². The molecule has 12 nitrogen and oxygen atoms in total. The van der Waals surface area contributed by atoms with E-state index in [4.69, 9.17) is 9.47 Å². The molecule has 0 bridgehead atoms. The lowest BCUT2D eigenvalue weighted by atomic mass is 9.96. The monoisotopic (exact) mass is 574 g/mol. The van der Waals surface area contributed by atoms with Crippen LogP contribution in [0.5, 0.6) is 0 Å². The maximum atomic E-state index is 13.4. The number of aliphatic hydroxyl groups excluding tert-OH is 1. The molecule has 1 saturated heterocycles. The van der Waals surface area contributed by atoms with Gasteiger partial charge >= 0.3 is 12.1 Å². The van der Waals surface area contributed by atoms with Crippen LogP contribution in [-0.2, 0) is 35.3 Å². The van der Waals surface area contributed by atoms with Gasteiger partial charge < -0.3 is 35.8 Å². The average Bonchev–Trinajstić information content (AvgIpc) is 3.32. The average molecular weight is 575 g/mol. The molecule has 1 fully saturated rings. The van der Waals surface area contributed by atoms with E-state index in [0.717, 1.165) is 5.56 Å². The van der Waals surface area contributed by atoms with Gasteiger partial charge in [0.1, 0.15) is 18.7 Å². The maximum absolute atomic E-state index is 13.4. The highest BCUT2D eigenvalue weighted by molar-refractivity contribution is 5.92. The molecule has 1 aliphatic heterocycles. The highest BCUT2D eigenvalue weighted by Crippen LogP contribution is 2.17. The van der Waals surface area contributed by atoms with E-state index >= 15 is 0 Å². The molecular formula is C29H42N4O8. The second kappa shape index (κ2) is 17.0. The third-order valence-electron chi connectivity index (χ3n) is 6.37. The summed E-state index contributed by atoms with van der Waals surface area (Å²) in [6.07, 6.45) is 1.57. The Morgan fingerprint density at radius 2 is 1.76 bits per heavy atom. The molecule has 1 aromatic carbocycles. The van der Waals surface area contributed by atoms with Crippen molar-refractivity contribution in [3.63, 3.8) is 0 Å². The van der Waals surface area contributed by atoms with Gasteiger partial charge in [-0.3, -0.25) is 14.4 Å². The lowest BCUT2D eigenvalue weighted by molar-refractivity contribution is -0.137. The highest BCUT2D eigenvalue weighted by atomic mass is 16.5. The number of ether oxygens (including phenoxy) is 2. The zero-order valence-electron chi connectivity index (χ0n) is 24.1. The Balaban J connectivity index is 2.10. The van der Waals surface area contributed by atoms with E-state index in [1.165, 1.54) is 19.1 Å². The fraction of sp³-hybridized carbons (Fsp3) is 0.552. The van der Waals surface area contributed by atoms with E-state index in [9.17, 15) is 29.1 Å². The summed E-state index contributed by atoms with van der Waals surface area (Å²) in [6, 6.07) is 5.86. The first-order valence-corrected chi connectivity index (χ1v) is 13.9. The Bertz CT molecular complexity index is 1060. The van der Waals surface area contributed by atoms with E-state index in [1.54, 1.807) is 31.2 Å². The van der Waals surface area contributed by atoms with Gasteiger partial charge in [0.15, 0.2) is 0 Å². The summed E-state index contributed by atoms with van der Waals surface area (Å²) in [6.45, 7) is 7.44. The number of hydrogen-bond acceptors (Lipinski definition) is 8. The first-order valence-electron chi connectivity index (χ1n) is 13.9. The van der Waals surface area contributed by atoms with Crippen molar-refractivity contribution in [1.82, 2.24) is 21.3 Å². The largest absolute Gasteiger partial charge is 0.463 e. The summed E-state index contributed by atoms with van der Waals surface area (Å²) in [5.41, 5.74) is 0.746. The van der Waals surface area contributed by atoms with Crippen LogP contribution in [0, 0.1) is 11.8 Å². The summed E-state index contributed by atoms with van der Waals surface area (Å²) < 4.78 is 10.1. The zero-order chi connectivity index (χ0) is 30.4. The number of alkyl carbamates (subject to hydrolysis) is 1. The molecule has 0 saturated carbocycles. The van der Waals surface area contributed by atoms with Gasteiger partial charge in [0.05, 0.1) is 12.7 Å². The van der Waals surface area contributed by atoms with Crippen LogP contribution in [0.4, 0.5) is 4.79 Å². The number of carbonyl (C=O) groups excluding carboxylic acids is 5. The van der Waals surface area contributed by atoms with E-state index in [2.05, 4.69) is 21.3 Å². The van der Waals surface area contributed by atoms with Crippen LogP contribution in [0.3, 0.4) is 0 Å². The standard InChI is InChI=1S/C29H42N4O8/c1-5-40-24(35)12-11-22(16-21-13-14-30-26(21)36)31-27(37)23(15-18(2)3)32-28(38)25(19(4)34)33-29(39)41-17-20-9-7-6-8-10-20/h6-12,18-19,21-23,25,34H,5,13-17H2,1-4H3,(H,30,36)(H,31,37)(H,32,38)(H,33,39)/b12-11+/t19-,21+,22-,23+,25+/m1/s1. The Kier molecular flexibility index (Phi) is 13.8. The molecule has 1 aliphatic rings. The molecule has 0 radical (unpaired) electrons. The van der Waals surface area contributed by atoms with Gasteiger partial charge in [-0.2, -0.15) is 0 Å².